The zero-order valence-electron chi connectivity index (χ0n) is 20.8. The van der Waals surface area contributed by atoms with E-state index in [0.717, 1.165) is 16.0 Å². The molecule has 12 nitrogen and oxygen atoms in total. The summed E-state index contributed by atoms with van der Waals surface area (Å²) in [6.45, 7) is -0.105. The van der Waals surface area contributed by atoms with Gasteiger partial charge in [0.05, 0.1) is 16.3 Å². The minimum atomic E-state index is -5.08. The summed E-state index contributed by atoms with van der Waals surface area (Å²) >= 11 is 1.21. The van der Waals surface area contributed by atoms with Gasteiger partial charge in [0.1, 0.15) is 6.04 Å². The van der Waals surface area contributed by atoms with Crippen molar-refractivity contribution in [1.82, 2.24) is 10.0 Å². The number of halogens is 3. The standard InChI is InChI=1S/C22H23N5O5S2.C2HF3O2/c23-22(24)26-12-14-5-4-6-15(11-14)18-9-10-19(33-18)20(28)25-13-17(21(29)30)27-34(31,32)16-7-2-1-3-8-16;3-2(4,5)1(6)7/h1-11,17,27H,12-13H2,(H,25,28)(H,29,30)(H4,23,24,26);(H,6,7)/t17-;/m0./s1. The molecular formula is C24H24F3N5O7S2. The average molecular weight is 616 g/mol. The molecule has 0 bridgehead atoms. The van der Waals surface area contributed by atoms with Crippen LogP contribution in [0, 0.1) is 0 Å². The van der Waals surface area contributed by atoms with Gasteiger partial charge in [0.2, 0.25) is 10.0 Å². The number of hydrogen-bond donors (Lipinski definition) is 6. The summed E-state index contributed by atoms with van der Waals surface area (Å²) in [5.41, 5.74) is 12.5. The summed E-state index contributed by atoms with van der Waals surface area (Å²) in [7, 11) is -4.07. The summed E-state index contributed by atoms with van der Waals surface area (Å²) in [4.78, 5) is 38.1. The van der Waals surface area contributed by atoms with E-state index in [1.54, 1.807) is 18.2 Å². The minimum Gasteiger partial charge on any atom is -0.480 e. The highest BCUT2D eigenvalue weighted by molar-refractivity contribution is 7.89. The number of aliphatic carboxylic acids is 2. The Bertz CT molecular complexity index is 1510. The lowest BCUT2D eigenvalue weighted by atomic mass is 10.1. The molecule has 8 N–H and O–H groups in total. The summed E-state index contributed by atoms with van der Waals surface area (Å²) in [6, 6.07) is 16.7. The van der Waals surface area contributed by atoms with Crippen molar-refractivity contribution in [1.29, 1.82) is 0 Å². The normalized spacial score (nSPS) is 11.9. The van der Waals surface area contributed by atoms with E-state index in [9.17, 15) is 36.3 Å². The molecule has 3 aromatic rings. The highest BCUT2D eigenvalue weighted by atomic mass is 32.2. The maximum atomic E-state index is 12.6. The van der Waals surface area contributed by atoms with Crippen LogP contribution in [-0.2, 0) is 26.2 Å². The Morgan fingerprint density at radius 1 is 0.976 bits per heavy atom. The number of aliphatic imine (C=N–C) groups is 1. The van der Waals surface area contributed by atoms with Gasteiger partial charge in [0.25, 0.3) is 5.91 Å². The molecule has 0 saturated heterocycles. The maximum Gasteiger partial charge on any atom is 0.490 e. The van der Waals surface area contributed by atoms with Crippen molar-refractivity contribution in [3.8, 4) is 10.4 Å². The second kappa shape index (κ2) is 14.2. The SMILES string of the molecule is NC(N)=NCc1cccc(-c2ccc(C(=O)NC[C@H](NS(=O)(=O)c3ccccc3)C(=O)O)s2)c1.O=C(O)C(F)(F)F. The molecule has 1 atom stereocenters. The molecule has 41 heavy (non-hydrogen) atoms. The molecule has 1 heterocycles. The van der Waals surface area contributed by atoms with Crippen molar-refractivity contribution in [3.05, 3.63) is 77.2 Å². The molecule has 3 rings (SSSR count). The molecule has 1 aromatic heterocycles. The number of amides is 1. The predicted octanol–water partition coefficient (Wildman–Crippen LogP) is 1.98. The number of nitrogens with two attached hydrogens (primary N) is 2. The van der Waals surface area contributed by atoms with E-state index in [1.807, 2.05) is 24.3 Å². The number of alkyl halides is 3. The number of hydrogen-bond acceptors (Lipinski definition) is 7. The number of carboxylic acids is 2. The number of nitrogens with one attached hydrogen (secondary N) is 2. The van der Waals surface area contributed by atoms with Crippen molar-refractivity contribution in [2.24, 2.45) is 16.5 Å². The number of carbonyl (C=O) groups excluding carboxylic acids is 1. The zero-order chi connectivity index (χ0) is 30.8. The third kappa shape index (κ3) is 10.5. The minimum absolute atomic E-state index is 0.00814. The fraction of sp³-hybridized carbons (Fsp3) is 0.167. The monoisotopic (exact) mass is 615 g/mol. The Morgan fingerprint density at radius 3 is 2.17 bits per heavy atom. The second-order valence-corrected chi connectivity index (χ2v) is 10.7. The highest BCUT2D eigenvalue weighted by Crippen LogP contribution is 2.29. The first-order valence-electron chi connectivity index (χ1n) is 11.2. The molecule has 0 aliphatic rings. The van der Waals surface area contributed by atoms with E-state index in [0.29, 0.717) is 11.4 Å². The van der Waals surface area contributed by atoms with E-state index in [2.05, 4.69) is 15.0 Å². The molecule has 0 radical (unpaired) electrons. The number of sulfonamides is 1. The molecule has 0 unspecified atom stereocenters. The molecule has 17 heteroatoms. The lowest BCUT2D eigenvalue weighted by Crippen LogP contribution is -2.48. The first-order chi connectivity index (χ1) is 19.1. The molecular weight excluding hydrogens is 591 g/mol. The number of carbonyl (C=O) groups is 3. The van der Waals surface area contributed by atoms with Crippen molar-refractivity contribution in [2.75, 3.05) is 6.54 Å². The zero-order valence-corrected chi connectivity index (χ0v) is 22.5. The van der Waals surface area contributed by atoms with Gasteiger partial charge in [-0.1, -0.05) is 36.4 Å². The van der Waals surface area contributed by atoms with Crippen LogP contribution in [0.4, 0.5) is 13.2 Å². The number of benzene rings is 2. The van der Waals surface area contributed by atoms with Crippen molar-refractivity contribution in [3.63, 3.8) is 0 Å². The Kier molecular flexibility index (Phi) is 11.4. The van der Waals surface area contributed by atoms with Crippen LogP contribution in [0.5, 0.6) is 0 Å². The molecule has 0 spiro atoms. The van der Waals surface area contributed by atoms with E-state index in [4.69, 9.17) is 21.4 Å². The topological polar surface area (TPSA) is 214 Å². The predicted molar refractivity (Wildman–Crippen MR) is 143 cm³/mol. The largest absolute Gasteiger partial charge is 0.490 e. The van der Waals surface area contributed by atoms with Crippen LogP contribution in [-0.4, -0.2) is 61.2 Å². The second-order valence-electron chi connectivity index (χ2n) is 7.94. The van der Waals surface area contributed by atoms with Gasteiger partial charge in [0, 0.05) is 11.4 Å². The van der Waals surface area contributed by atoms with Gasteiger partial charge in [-0.3, -0.25) is 9.59 Å². The van der Waals surface area contributed by atoms with Crippen LogP contribution in [0.2, 0.25) is 0 Å². The van der Waals surface area contributed by atoms with E-state index >= 15 is 0 Å². The van der Waals surface area contributed by atoms with Crippen molar-refractivity contribution >= 4 is 45.2 Å². The quantitative estimate of drug-likeness (QED) is 0.145. The number of guanidine groups is 1. The summed E-state index contributed by atoms with van der Waals surface area (Å²) in [5, 5.41) is 19.0. The number of nitrogens with zero attached hydrogens (tertiary/aromatic N) is 1. The van der Waals surface area contributed by atoms with Gasteiger partial charge < -0.3 is 27.0 Å². The van der Waals surface area contributed by atoms with Crippen LogP contribution in [0.1, 0.15) is 15.2 Å². The number of carboxylic acid groups (broad SMARTS) is 2. The van der Waals surface area contributed by atoms with E-state index < -0.39 is 46.6 Å². The lowest BCUT2D eigenvalue weighted by molar-refractivity contribution is -0.192. The smallest absolute Gasteiger partial charge is 0.480 e. The molecule has 0 aliphatic heterocycles. The highest BCUT2D eigenvalue weighted by Gasteiger charge is 2.38. The van der Waals surface area contributed by atoms with Crippen molar-refractivity contribution < 1.29 is 46.2 Å². The van der Waals surface area contributed by atoms with Gasteiger partial charge in [-0.15, -0.1) is 11.3 Å². The van der Waals surface area contributed by atoms with Gasteiger partial charge >= 0.3 is 18.1 Å². The number of rotatable bonds is 10. The maximum absolute atomic E-state index is 12.6. The van der Waals surface area contributed by atoms with Crippen LogP contribution < -0.4 is 21.5 Å². The first-order valence-corrected chi connectivity index (χ1v) is 13.5. The Morgan fingerprint density at radius 2 is 1.61 bits per heavy atom. The number of thiophene rings is 1. The van der Waals surface area contributed by atoms with Gasteiger partial charge in [-0.05, 0) is 41.5 Å². The summed E-state index contributed by atoms with van der Waals surface area (Å²) in [5.74, 6) is -4.69. The van der Waals surface area contributed by atoms with E-state index in [-0.39, 0.29) is 10.9 Å². The van der Waals surface area contributed by atoms with Gasteiger partial charge in [-0.25, -0.2) is 18.2 Å². The molecule has 0 aliphatic carbocycles. The van der Waals surface area contributed by atoms with Crippen LogP contribution in [0.15, 0.2) is 76.6 Å². The molecule has 1 amide bonds. The fourth-order valence-corrected chi connectivity index (χ4v) is 5.07. The molecule has 0 saturated carbocycles. The lowest BCUT2D eigenvalue weighted by Gasteiger charge is -2.15. The van der Waals surface area contributed by atoms with Crippen LogP contribution >= 0.6 is 11.3 Å². The Hall–Kier alpha value is -4.48. The third-order valence-corrected chi connectivity index (χ3v) is 7.46. The van der Waals surface area contributed by atoms with Crippen molar-refractivity contribution in [2.45, 2.75) is 23.7 Å². The molecule has 2 aromatic carbocycles. The fourth-order valence-electron chi connectivity index (χ4n) is 2.94. The van der Waals surface area contributed by atoms with Crippen LogP contribution in [0.3, 0.4) is 0 Å². The Labute approximate surface area is 235 Å². The van der Waals surface area contributed by atoms with Gasteiger partial charge in [-0.2, -0.15) is 17.9 Å². The van der Waals surface area contributed by atoms with Gasteiger partial charge in [0.15, 0.2) is 5.96 Å². The van der Waals surface area contributed by atoms with E-state index in [1.165, 1.54) is 35.6 Å². The first kappa shape index (κ1) is 32.7. The average Bonchev–Trinajstić information content (AvgIpc) is 3.41. The summed E-state index contributed by atoms with van der Waals surface area (Å²) < 4.78 is 58.7. The third-order valence-electron chi connectivity index (χ3n) is 4.84. The van der Waals surface area contributed by atoms with Crippen LogP contribution in [0.25, 0.3) is 10.4 Å². The molecule has 220 valence electrons. The summed E-state index contributed by atoms with van der Waals surface area (Å²) in [6.07, 6.45) is -5.08. The molecule has 0 fully saturated rings. The Balaban J connectivity index is 0.000000745.